The predicted molar refractivity (Wildman–Crippen MR) is 64.7 cm³/mol. The van der Waals surface area contributed by atoms with Crippen LogP contribution >= 0.6 is 11.8 Å². The van der Waals surface area contributed by atoms with Crippen molar-refractivity contribution in [2.75, 3.05) is 5.75 Å². The minimum Gasteiger partial charge on any atom is -0.126 e. The van der Waals surface area contributed by atoms with Crippen LogP contribution in [0, 0.1) is 26.2 Å². The summed E-state index contributed by atoms with van der Waals surface area (Å²) in [6.45, 7) is 4.29. The van der Waals surface area contributed by atoms with Gasteiger partial charge in [-0.25, -0.2) is 0 Å². The largest absolute Gasteiger partial charge is 0.126 e. The lowest BCUT2D eigenvalue weighted by molar-refractivity contribution is 0.997. The van der Waals surface area contributed by atoms with Crippen LogP contribution in [0.5, 0.6) is 0 Å². The van der Waals surface area contributed by atoms with Crippen molar-refractivity contribution in [3.63, 3.8) is 0 Å². The first kappa shape index (κ1) is 11.2. The molecule has 0 fully saturated rings. The number of benzene rings is 1. The van der Waals surface area contributed by atoms with Crippen molar-refractivity contribution in [3.8, 4) is 12.3 Å². The Bertz CT molecular complexity index is 334. The highest BCUT2D eigenvalue weighted by Gasteiger charge is 1.96. The molecule has 0 amide bonds. The second-order valence-corrected chi connectivity index (χ2v) is 4.57. The fourth-order valence-electron chi connectivity index (χ4n) is 1.17. The first-order chi connectivity index (χ1) is 6.74. The maximum Gasteiger partial charge on any atom is 0.00940 e. The summed E-state index contributed by atoms with van der Waals surface area (Å²) >= 11 is 1.89. The van der Waals surface area contributed by atoms with Gasteiger partial charge < -0.3 is 0 Å². The Morgan fingerprint density at radius 2 is 2.07 bits per heavy atom. The van der Waals surface area contributed by atoms with E-state index < -0.39 is 0 Å². The second-order valence-electron chi connectivity index (χ2n) is 3.40. The predicted octanol–water partition coefficient (Wildman–Crippen LogP) is 3.81. The average Bonchev–Trinajstić information content (AvgIpc) is 2.18. The van der Waals surface area contributed by atoms with Crippen LogP contribution in [0.1, 0.15) is 24.0 Å². The summed E-state index contributed by atoms with van der Waals surface area (Å²) in [6, 6.07) is 6.61. The van der Waals surface area contributed by atoms with Crippen molar-refractivity contribution >= 4 is 11.8 Å². The van der Waals surface area contributed by atoms with Gasteiger partial charge in [-0.15, -0.1) is 24.1 Å². The molecule has 1 rings (SSSR count). The molecule has 0 heterocycles. The molecule has 0 bridgehead atoms. The van der Waals surface area contributed by atoms with E-state index >= 15 is 0 Å². The lowest BCUT2D eigenvalue weighted by Crippen LogP contribution is -1.83. The fourth-order valence-corrected chi connectivity index (χ4v) is 2.12. The third kappa shape index (κ3) is 3.47. The van der Waals surface area contributed by atoms with Gasteiger partial charge in [0, 0.05) is 11.3 Å². The molecule has 0 radical (unpaired) electrons. The smallest absolute Gasteiger partial charge is 0.00940 e. The lowest BCUT2D eigenvalue weighted by atomic mass is 10.1. The van der Waals surface area contributed by atoms with Gasteiger partial charge in [0.2, 0.25) is 0 Å². The van der Waals surface area contributed by atoms with Crippen LogP contribution in [0.4, 0.5) is 0 Å². The Labute approximate surface area is 91.1 Å². The first-order valence-electron chi connectivity index (χ1n) is 4.87. The van der Waals surface area contributed by atoms with E-state index in [-0.39, 0.29) is 0 Å². The van der Waals surface area contributed by atoms with Crippen LogP contribution in [-0.2, 0) is 0 Å². The number of rotatable bonds is 4. The van der Waals surface area contributed by atoms with Gasteiger partial charge in [0.1, 0.15) is 0 Å². The SMILES string of the molecule is C#CCCCSc1ccc(C)c(C)c1. The van der Waals surface area contributed by atoms with Gasteiger partial charge in [0.15, 0.2) is 0 Å². The van der Waals surface area contributed by atoms with Crippen molar-refractivity contribution in [1.29, 1.82) is 0 Å². The van der Waals surface area contributed by atoms with Crippen molar-refractivity contribution < 1.29 is 0 Å². The summed E-state index contributed by atoms with van der Waals surface area (Å²) in [6.07, 6.45) is 7.18. The molecule has 74 valence electrons. The Balaban J connectivity index is 2.44. The quantitative estimate of drug-likeness (QED) is 0.408. The van der Waals surface area contributed by atoms with Crippen molar-refractivity contribution in [1.82, 2.24) is 0 Å². The van der Waals surface area contributed by atoms with Gasteiger partial charge in [-0.1, -0.05) is 6.07 Å². The molecule has 0 nitrogen and oxygen atoms in total. The average molecular weight is 204 g/mol. The van der Waals surface area contributed by atoms with Gasteiger partial charge in [0.05, 0.1) is 0 Å². The Morgan fingerprint density at radius 1 is 1.29 bits per heavy atom. The molecule has 0 aliphatic rings. The van der Waals surface area contributed by atoms with E-state index in [0.29, 0.717) is 0 Å². The van der Waals surface area contributed by atoms with Gasteiger partial charge in [-0.3, -0.25) is 0 Å². The van der Waals surface area contributed by atoms with Gasteiger partial charge in [-0.05, 0) is 49.3 Å². The van der Waals surface area contributed by atoms with E-state index in [0.717, 1.165) is 18.6 Å². The normalized spacial score (nSPS) is 9.79. The van der Waals surface area contributed by atoms with Crippen LogP contribution in [0.2, 0.25) is 0 Å². The molecular weight excluding hydrogens is 188 g/mol. The van der Waals surface area contributed by atoms with Crippen molar-refractivity contribution in [2.24, 2.45) is 0 Å². The molecule has 0 aliphatic carbocycles. The maximum atomic E-state index is 5.19. The summed E-state index contributed by atoms with van der Waals surface area (Å²) in [5, 5.41) is 0. The lowest BCUT2D eigenvalue weighted by Gasteiger charge is -2.04. The zero-order valence-electron chi connectivity index (χ0n) is 8.84. The third-order valence-corrected chi connectivity index (χ3v) is 3.29. The van der Waals surface area contributed by atoms with E-state index in [1.54, 1.807) is 0 Å². The number of hydrogen-bond donors (Lipinski definition) is 0. The first-order valence-corrected chi connectivity index (χ1v) is 5.86. The molecule has 0 spiro atoms. The van der Waals surface area contributed by atoms with E-state index in [1.807, 2.05) is 11.8 Å². The number of thioether (sulfide) groups is 1. The number of aryl methyl sites for hydroxylation is 2. The topological polar surface area (TPSA) is 0 Å². The highest BCUT2D eigenvalue weighted by atomic mass is 32.2. The Morgan fingerprint density at radius 3 is 2.71 bits per heavy atom. The molecule has 0 aromatic heterocycles. The third-order valence-electron chi connectivity index (χ3n) is 2.21. The van der Waals surface area contributed by atoms with Crippen LogP contribution in [-0.4, -0.2) is 5.75 Å². The summed E-state index contributed by atoms with van der Waals surface area (Å²) < 4.78 is 0. The maximum absolute atomic E-state index is 5.19. The molecule has 0 saturated carbocycles. The van der Waals surface area contributed by atoms with Crippen LogP contribution in [0.25, 0.3) is 0 Å². The Hall–Kier alpha value is -0.870. The monoisotopic (exact) mass is 204 g/mol. The van der Waals surface area contributed by atoms with Gasteiger partial charge >= 0.3 is 0 Å². The van der Waals surface area contributed by atoms with Crippen LogP contribution in [0.15, 0.2) is 23.1 Å². The Kier molecular flexibility index (Phi) is 4.62. The molecule has 14 heavy (non-hydrogen) atoms. The molecule has 0 N–H and O–H groups in total. The van der Waals surface area contributed by atoms with E-state index in [9.17, 15) is 0 Å². The minimum atomic E-state index is 0.887. The highest BCUT2D eigenvalue weighted by Crippen LogP contribution is 2.21. The van der Waals surface area contributed by atoms with E-state index in [1.165, 1.54) is 16.0 Å². The number of unbranched alkanes of at least 4 members (excludes halogenated alkanes) is 1. The van der Waals surface area contributed by atoms with Crippen molar-refractivity contribution in [2.45, 2.75) is 31.6 Å². The van der Waals surface area contributed by atoms with E-state index in [2.05, 4.69) is 38.0 Å². The van der Waals surface area contributed by atoms with Crippen LogP contribution in [0.3, 0.4) is 0 Å². The standard InChI is InChI=1S/C13H16S/c1-4-5-6-9-14-13-8-7-11(2)12(3)10-13/h1,7-8,10H,5-6,9H2,2-3H3. The molecular formula is C13H16S. The van der Waals surface area contributed by atoms with Gasteiger partial charge in [-0.2, -0.15) is 0 Å². The molecule has 0 saturated heterocycles. The summed E-state index contributed by atoms with van der Waals surface area (Å²) in [5.74, 6) is 3.78. The second kappa shape index (κ2) is 5.78. The highest BCUT2D eigenvalue weighted by molar-refractivity contribution is 7.99. The van der Waals surface area contributed by atoms with Crippen LogP contribution < -0.4 is 0 Å². The molecule has 1 aromatic carbocycles. The van der Waals surface area contributed by atoms with Gasteiger partial charge in [0.25, 0.3) is 0 Å². The zero-order chi connectivity index (χ0) is 10.4. The summed E-state index contributed by atoms with van der Waals surface area (Å²) in [5.41, 5.74) is 2.73. The minimum absolute atomic E-state index is 0.887. The molecule has 0 unspecified atom stereocenters. The fraction of sp³-hybridized carbons (Fsp3) is 0.385. The molecule has 1 aromatic rings. The number of hydrogen-bond acceptors (Lipinski definition) is 1. The molecule has 1 heteroatoms. The molecule has 0 atom stereocenters. The van der Waals surface area contributed by atoms with Crippen molar-refractivity contribution in [3.05, 3.63) is 29.3 Å². The zero-order valence-corrected chi connectivity index (χ0v) is 9.66. The summed E-state index contributed by atoms with van der Waals surface area (Å²) in [4.78, 5) is 1.35. The molecule has 0 aliphatic heterocycles. The number of terminal acetylenes is 1. The summed E-state index contributed by atoms with van der Waals surface area (Å²) in [7, 11) is 0. The van der Waals surface area contributed by atoms with E-state index in [4.69, 9.17) is 6.42 Å².